The molecule has 0 amide bonds. The smallest absolute Gasteiger partial charge is 0.146 e. The Hall–Kier alpha value is -1.07. The summed E-state index contributed by atoms with van der Waals surface area (Å²) >= 11 is 3.25. The largest absolute Gasteiger partial charge is 0.392 e. The van der Waals surface area contributed by atoms with E-state index in [1.54, 1.807) is 6.07 Å². The van der Waals surface area contributed by atoms with E-state index in [9.17, 15) is 19.1 Å². The van der Waals surface area contributed by atoms with Gasteiger partial charge in [-0.25, -0.2) is 4.39 Å². The Labute approximate surface area is 118 Å². The summed E-state index contributed by atoms with van der Waals surface area (Å²) in [5, 5.41) is 9.47. The third-order valence-electron chi connectivity index (χ3n) is 3.47. The van der Waals surface area contributed by atoms with Crippen molar-refractivity contribution in [3.8, 4) is 0 Å². The van der Waals surface area contributed by atoms with Crippen LogP contribution in [0.1, 0.15) is 31.2 Å². The molecule has 0 radical (unpaired) electrons. The van der Waals surface area contributed by atoms with Crippen molar-refractivity contribution in [3.63, 3.8) is 0 Å². The van der Waals surface area contributed by atoms with Crippen LogP contribution in [0.3, 0.4) is 0 Å². The molecule has 0 aromatic heterocycles. The first-order valence-electron chi connectivity index (χ1n) is 6.08. The van der Waals surface area contributed by atoms with Crippen molar-refractivity contribution in [1.29, 1.82) is 0 Å². The standard InChI is InChI=1S/C14H14BrFO3/c1-7(17)14-12(18)4-8(5-13(14)19)10-3-2-9(16)6-11(10)15/h2-3,6-8,14,17H,4-5H2,1H3. The van der Waals surface area contributed by atoms with Crippen molar-refractivity contribution in [1.82, 2.24) is 0 Å². The van der Waals surface area contributed by atoms with Gasteiger partial charge in [0.2, 0.25) is 0 Å². The van der Waals surface area contributed by atoms with Gasteiger partial charge < -0.3 is 5.11 Å². The van der Waals surface area contributed by atoms with E-state index < -0.39 is 12.0 Å². The molecule has 0 aliphatic heterocycles. The first-order chi connectivity index (χ1) is 8.90. The average molecular weight is 329 g/mol. The molecule has 1 atom stereocenters. The lowest BCUT2D eigenvalue weighted by Gasteiger charge is -2.28. The summed E-state index contributed by atoms with van der Waals surface area (Å²) in [6.45, 7) is 1.45. The van der Waals surface area contributed by atoms with Crippen molar-refractivity contribution in [2.45, 2.75) is 31.8 Å². The van der Waals surface area contributed by atoms with Crippen LogP contribution in [0.15, 0.2) is 22.7 Å². The first-order valence-corrected chi connectivity index (χ1v) is 6.88. The highest BCUT2D eigenvalue weighted by molar-refractivity contribution is 9.10. The minimum absolute atomic E-state index is 0.200. The molecule has 1 fully saturated rings. The number of hydrogen-bond acceptors (Lipinski definition) is 3. The summed E-state index contributed by atoms with van der Waals surface area (Å²) in [6.07, 6.45) is -0.547. The van der Waals surface area contributed by atoms with Gasteiger partial charge in [-0.1, -0.05) is 22.0 Å². The molecule has 1 aromatic carbocycles. The maximum atomic E-state index is 13.0. The predicted octanol–water partition coefficient (Wildman–Crippen LogP) is 2.60. The second-order valence-electron chi connectivity index (χ2n) is 4.92. The number of carbonyl (C=O) groups excluding carboxylic acids is 2. The van der Waals surface area contributed by atoms with Crippen LogP contribution in [0.5, 0.6) is 0 Å². The molecule has 1 unspecified atom stereocenters. The number of ketones is 2. The SMILES string of the molecule is CC(O)C1C(=O)CC(c2ccc(F)cc2Br)CC1=O. The highest BCUT2D eigenvalue weighted by Crippen LogP contribution is 2.36. The lowest BCUT2D eigenvalue weighted by atomic mass is 9.75. The molecule has 3 nitrogen and oxygen atoms in total. The summed E-state index contributed by atoms with van der Waals surface area (Å²) in [5.41, 5.74) is 0.757. The Bertz CT molecular complexity index is 509. The van der Waals surface area contributed by atoms with Crippen LogP contribution >= 0.6 is 15.9 Å². The number of aliphatic hydroxyl groups is 1. The summed E-state index contributed by atoms with van der Waals surface area (Å²) in [7, 11) is 0. The number of hydrogen-bond donors (Lipinski definition) is 1. The molecule has 0 spiro atoms. The minimum Gasteiger partial charge on any atom is -0.392 e. The molecule has 1 aromatic rings. The van der Waals surface area contributed by atoms with Gasteiger partial charge in [-0.15, -0.1) is 0 Å². The third-order valence-corrected chi connectivity index (χ3v) is 4.16. The highest BCUT2D eigenvalue weighted by atomic mass is 79.9. The van der Waals surface area contributed by atoms with Crippen LogP contribution in [0.2, 0.25) is 0 Å². The fourth-order valence-corrected chi connectivity index (χ4v) is 3.26. The number of halogens is 2. The van der Waals surface area contributed by atoms with Gasteiger partial charge in [-0.2, -0.15) is 0 Å². The summed E-state index contributed by atoms with van der Waals surface area (Å²) < 4.78 is 13.6. The van der Waals surface area contributed by atoms with E-state index in [2.05, 4.69) is 15.9 Å². The van der Waals surface area contributed by atoms with Crippen molar-refractivity contribution in [2.24, 2.45) is 5.92 Å². The lowest BCUT2D eigenvalue weighted by Crippen LogP contribution is -2.39. The molecule has 5 heteroatoms. The molecule has 1 aliphatic rings. The summed E-state index contributed by atoms with van der Waals surface area (Å²) in [6, 6.07) is 4.23. The van der Waals surface area contributed by atoms with E-state index in [0.29, 0.717) is 4.47 Å². The molecular weight excluding hydrogens is 315 g/mol. The fourth-order valence-electron chi connectivity index (χ4n) is 2.58. The molecule has 1 N–H and O–H groups in total. The highest BCUT2D eigenvalue weighted by Gasteiger charge is 2.39. The van der Waals surface area contributed by atoms with E-state index in [-0.39, 0.29) is 36.1 Å². The number of rotatable bonds is 2. The van der Waals surface area contributed by atoms with Gasteiger partial charge in [0.1, 0.15) is 23.3 Å². The van der Waals surface area contributed by atoms with Crippen molar-refractivity contribution < 1.29 is 19.1 Å². The second-order valence-corrected chi connectivity index (χ2v) is 5.78. The third kappa shape index (κ3) is 2.92. The van der Waals surface area contributed by atoms with E-state index in [1.165, 1.54) is 19.1 Å². The van der Waals surface area contributed by atoms with E-state index >= 15 is 0 Å². The van der Waals surface area contributed by atoms with Crippen molar-refractivity contribution in [3.05, 3.63) is 34.1 Å². The Morgan fingerprint density at radius 3 is 2.37 bits per heavy atom. The Morgan fingerprint density at radius 1 is 1.32 bits per heavy atom. The van der Waals surface area contributed by atoms with Crippen LogP contribution in [-0.4, -0.2) is 22.8 Å². The molecule has 1 aliphatic carbocycles. The molecule has 1 saturated carbocycles. The number of benzene rings is 1. The molecule has 102 valence electrons. The number of aliphatic hydroxyl groups excluding tert-OH is 1. The van der Waals surface area contributed by atoms with Gasteiger partial charge in [0.05, 0.1) is 6.10 Å². The maximum absolute atomic E-state index is 13.0. The number of carbonyl (C=O) groups is 2. The van der Waals surface area contributed by atoms with Crippen molar-refractivity contribution >= 4 is 27.5 Å². The summed E-state index contributed by atoms with van der Waals surface area (Å²) in [5.74, 6) is -2.01. The Kier molecular flexibility index (Phi) is 4.16. The van der Waals surface area contributed by atoms with Gasteiger partial charge in [-0.3, -0.25) is 9.59 Å². The van der Waals surface area contributed by atoms with E-state index in [1.807, 2.05) is 0 Å². The van der Waals surface area contributed by atoms with Crippen LogP contribution in [0.4, 0.5) is 4.39 Å². The molecule has 2 rings (SSSR count). The van der Waals surface area contributed by atoms with Crippen LogP contribution in [0, 0.1) is 11.7 Å². The average Bonchev–Trinajstić information content (AvgIpc) is 2.26. The van der Waals surface area contributed by atoms with E-state index in [0.717, 1.165) is 5.56 Å². The first kappa shape index (κ1) is 14.3. The normalized spacial score (nSPS) is 25.5. The molecular formula is C14H14BrFO3. The minimum atomic E-state index is -0.947. The van der Waals surface area contributed by atoms with Crippen LogP contribution < -0.4 is 0 Å². The molecule has 0 bridgehead atoms. The quantitative estimate of drug-likeness (QED) is 0.849. The van der Waals surface area contributed by atoms with Gasteiger partial charge >= 0.3 is 0 Å². The topological polar surface area (TPSA) is 54.4 Å². The van der Waals surface area contributed by atoms with Crippen molar-refractivity contribution in [2.75, 3.05) is 0 Å². The molecule has 0 heterocycles. The fraction of sp³-hybridized carbons (Fsp3) is 0.429. The second kappa shape index (κ2) is 5.51. The molecule has 0 saturated heterocycles. The van der Waals surface area contributed by atoms with Gasteiger partial charge in [-0.05, 0) is 30.5 Å². The Balaban J connectivity index is 2.25. The Morgan fingerprint density at radius 2 is 1.89 bits per heavy atom. The maximum Gasteiger partial charge on any atom is 0.146 e. The zero-order valence-electron chi connectivity index (χ0n) is 10.4. The molecule has 19 heavy (non-hydrogen) atoms. The number of Topliss-reactive ketones (excluding diaryl/α,β-unsaturated/α-hetero) is 2. The summed E-state index contributed by atoms with van der Waals surface area (Å²) in [4.78, 5) is 23.9. The zero-order valence-corrected chi connectivity index (χ0v) is 12.0. The zero-order chi connectivity index (χ0) is 14.2. The van der Waals surface area contributed by atoms with E-state index in [4.69, 9.17) is 0 Å². The van der Waals surface area contributed by atoms with Gasteiger partial charge in [0.15, 0.2) is 0 Å². The predicted molar refractivity (Wildman–Crippen MR) is 71.3 cm³/mol. The van der Waals surface area contributed by atoms with Gasteiger partial charge in [0, 0.05) is 17.3 Å². The monoisotopic (exact) mass is 328 g/mol. The van der Waals surface area contributed by atoms with Gasteiger partial charge in [0.25, 0.3) is 0 Å². The van der Waals surface area contributed by atoms with Crippen LogP contribution in [-0.2, 0) is 9.59 Å². The van der Waals surface area contributed by atoms with Crippen LogP contribution in [0.25, 0.3) is 0 Å². The lowest BCUT2D eigenvalue weighted by molar-refractivity contribution is -0.140.